The van der Waals surface area contributed by atoms with Crippen LogP contribution in [0, 0.1) is 18.6 Å². The number of aromatic nitrogens is 2. The lowest BCUT2D eigenvalue weighted by Crippen LogP contribution is -2.12. The fourth-order valence-corrected chi connectivity index (χ4v) is 1.71. The highest BCUT2D eigenvalue weighted by atomic mass is 19.2. The molecule has 0 atom stereocenters. The van der Waals surface area contributed by atoms with Gasteiger partial charge < -0.3 is 10.5 Å². The molecular formula is C15H17F2N3O2. The first-order valence-electron chi connectivity index (χ1n) is 6.61. The van der Waals surface area contributed by atoms with Crippen molar-refractivity contribution in [3.05, 3.63) is 46.9 Å². The molecule has 0 fully saturated rings. The van der Waals surface area contributed by atoms with Crippen LogP contribution in [0.15, 0.2) is 18.3 Å². The Morgan fingerprint density at radius 3 is 2.45 bits per heavy atom. The van der Waals surface area contributed by atoms with Gasteiger partial charge >= 0.3 is 0 Å². The Kier molecular flexibility index (Phi) is 5.91. The number of ether oxygens (including phenoxy) is 1. The summed E-state index contributed by atoms with van der Waals surface area (Å²) in [7, 11) is 1.25. The van der Waals surface area contributed by atoms with E-state index in [1.807, 2.05) is 13.8 Å². The average molecular weight is 309 g/mol. The zero-order valence-electron chi connectivity index (χ0n) is 12.8. The summed E-state index contributed by atoms with van der Waals surface area (Å²) < 4.78 is 32.0. The van der Waals surface area contributed by atoms with Crippen molar-refractivity contribution in [3.63, 3.8) is 0 Å². The molecule has 0 amide bonds. The fraction of sp³-hybridized carbons (Fsp3) is 0.267. The Labute approximate surface area is 127 Å². The minimum atomic E-state index is -1.30. The third-order valence-corrected chi connectivity index (χ3v) is 2.69. The molecule has 1 aromatic heterocycles. The number of nitrogens with zero attached hydrogens (tertiary/aromatic N) is 2. The van der Waals surface area contributed by atoms with Crippen molar-refractivity contribution in [2.75, 3.05) is 12.8 Å². The molecule has 7 heteroatoms. The van der Waals surface area contributed by atoms with Crippen molar-refractivity contribution >= 4 is 11.6 Å². The summed E-state index contributed by atoms with van der Waals surface area (Å²) in [6.45, 7) is 5.59. The average Bonchev–Trinajstić information content (AvgIpc) is 2.51. The van der Waals surface area contributed by atoms with Crippen LogP contribution in [-0.2, 0) is 0 Å². The molecule has 0 aliphatic carbocycles. The first-order valence-corrected chi connectivity index (χ1v) is 6.61. The molecule has 0 saturated heterocycles. The minimum Gasteiger partial charge on any atom is -0.496 e. The van der Waals surface area contributed by atoms with Crippen LogP contribution in [0.5, 0.6) is 5.75 Å². The zero-order chi connectivity index (χ0) is 16.9. The van der Waals surface area contributed by atoms with Gasteiger partial charge in [-0.25, -0.2) is 18.7 Å². The summed E-state index contributed by atoms with van der Waals surface area (Å²) >= 11 is 0. The number of rotatable bonds is 3. The number of carbonyl (C=O) groups is 1. The number of nitrogen functional groups attached to an aromatic ring is 1. The van der Waals surface area contributed by atoms with Gasteiger partial charge in [0.2, 0.25) is 5.78 Å². The lowest BCUT2D eigenvalue weighted by Gasteiger charge is -2.10. The second-order valence-corrected chi connectivity index (χ2v) is 3.98. The lowest BCUT2D eigenvalue weighted by atomic mass is 10.0. The Hall–Kier alpha value is -2.57. The van der Waals surface area contributed by atoms with Gasteiger partial charge in [-0.1, -0.05) is 13.8 Å². The Bertz CT molecular complexity index is 691. The number of anilines is 1. The number of nitrogens with two attached hydrogens (primary N) is 1. The first-order chi connectivity index (χ1) is 10.5. The predicted octanol–water partition coefficient (Wildman–Crippen LogP) is 2.91. The monoisotopic (exact) mass is 309 g/mol. The van der Waals surface area contributed by atoms with E-state index >= 15 is 0 Å². The maximum absolute atomic E-state index is 13.8. The van der Waals surface area contributed by atoms with Crippen molar-refractivity contribution in [1.82, 2.24) is 9.97 Å². The molecule has 22 heavy (non-hydrogen) atoms. The van der Waals surface area contributed by atoms with Crippen LogP contribution in [0.2, 0.25) is 0 Å². The number of aryl methyl sites for hydroxylation is 1. The number of methoxy groups -OCH3 is 1. The Morgan fingerprint density at radius 2 is 1.91 bits per heavy atom. The summed E-state index contributed by atoms with van der Waals surface area (Å²) in [6.07, 6.45) is 1.17. The Morgan fingerprint density at radius 1 is 1.27 bits per heavy atom. The van der Waals surface area contributed by atoms with Crippen molar-refractivity contribution in [3.8, 4) is 5.75 Å². The molecule has 0 aliphatic rings. The second-order valence-electron chi connectivity index (χ2n) is 3.98. The molecule has 0 spiro atoms. The minimum absolute atomic E-state index is 0.0890. The molecule has 1 aromatic carbocycles. The van der Waals surface area contributed by atoms with E-state index in [0.717, 1.165) is 12.1 Å². The smallest absolute Gasteiger partial charge is 0.205 e. The van der Waals surface area contributed by atoms with Crippen LogP contribution in [0.1, 0.15) is 35.6 Å². The maximum Gasteiger partial charge on any atom is 0.205 e. The lowest BCUT2D eigenvalue weighted by molar-refractivity contribution is 0.103. The molecule has 2 rings (SSSR count). The van der Waals surface area contributed by atoms with Gasteiger partial charge in [0.1, 0.15) is 23.0 Å². The van der Waals surface area contributed by atoms with Crippen LogP contribution in [0.25, 0.3) is 0 Å². The van der Waals surface area contributed by atoms with Crippen molar-refractivity contribution in [2.24, 2.45) is 0 Å². The van der Waals surface area contributed by atoms with E-state index in [0.29, 0.717) is 5.82 Å². The highest BCUT2D eigenvalue weighted by molar-refractivity contribution is 6.13. The zero-order valence-corrected chi connectivity index (χ0v) is 12.8. The number of hydrogen-bond acceptors (Lipinski definition) is 5. The van der Waals surface area contributed by atoms with Crippen molar-refractivity contribution < 1.29 is 18.3 Å². The van der Waals surface area contributed by atoms with E-state index in [-0.39, 0.29) is 17.1 Å². The van der Waals surface area contributed by atoms with Crippen molar-refractivity contribution in [1.29, 1.82) is 0 Å². The van der Waals surface area contributed by atoms with E-state index in [1.165, 1.54) is 13.3 Å². The number of hydrogen-bond donors (Lipinski definition) is 1. The molecule has 118 valence electrons. The fourth-order valence-electron chi connectivity index (χ4n) is 1.71. The summed E-state index contributed by atoms with van der Waals surface area (Å²) in [5.74, 6) is -3.11. The normalized spacial score (nSPS) is 9.73. The molecular weight excluding hydrogens is 292 g/mol. The standard InChI is InChI=1S/C13H11F2N3O2.C2H6/c1-6-17-5-7(13(16)18-6)12(19)10-9(20-2)4-3-8(14)11(10)15;1-2/h3-5H,1-2H3,(H2,16,17,18);1-2H3. The van der Waals surface area contributed by atoms with Crippen LogP contribution in [0.4, 0.5) is 14.6 Å². The quantitative estimate of drug-likeness (QED) is 0.882. The maximum atomic E-state index is 13.8. The second kappa shape index (κ2) is 7.44. The molecule has 0 saturated carbocycles. The summed E-state index contributed by atoms with van der Waals surface area (Å²) in [4.78, 5) is 19.9. The van der Waals surface area contributed by atoms with E-state index < -0.39 is 23.0 Å². The van der Waals surface area contributed by atoms with Gasteiger partial charge in [0.05, 0.1) is 12.7 Å². The van der Waals surface area contributed by atoms with Crippen LogP contribution in [-0.4, -0.2) is 22.9 Å². The Balaban J connectivity index is 0.00000116. The van der Waals surface area contributed by atoms with Gasteiger partial charge in [0, 0.05) is 6.20 Å². The van der Waals surface area contributed by atoms with Gasteiger partial charge in [-0.15, -0.1) is 0 Å². The third-order valence-electron chi connectivity index (χ3n) is 2.69. The molecule has 0 radical (unpaired) electrons. The first kappa shape index (κ1) is 17.5. The highest BCUT2D eigenvalue weighted by Gasteiger charge is 2.24. The van der Waals surface area contributed by atoms with Crippen LogP contribution in [0.3, 0.4) is 0 Å². The van der Waals surface area contributed by atoms with Gasteiger partial charge in [-0.2, -0.15) is 0 Å². The topological polar surface area (TPSA) is 78.1 Å². The van der Waals surface area contributed by atoms with Gasteiger partial charge in [0.15, 0.2) is 11.6 Å². The predicted molar refractivity (Wildman–Crippen MR) is 78.9 cm³/mol. The van der Waals surface area contributed by atoms with Crippen molar-refractivity contribution in [2.45, 2.75) is 20.8 Å². The molecule has 0 bridgehead atoms. The molecule has 0 unspecified atom stereocenters. The summed E-state index contributed by atoms with van der Waals surface area (Å²) in [5, 5.41) is 0. The molecule has 2 N–H and O–H groups in total. The van der Waals surface area contributed by atoms with E-state index in [2.05, 4.69) is 9.97 Å². The number of ketones is 1. The largest absolute Gasteiger partial charge is 0.496 e. The van der Waals surface area contributed by atoms with Gasteiger partial charge in [-0.05, 0) is 19.1 Å². The highest BCUT2D eigenvalue weighted by Crippen LogP contribution is 2.27. The molecule has 0 aliphatic heterocycles. The summed E-state index contributed by atoms with van der Waals surface area (Å²) in [5.41, 5.74) is 4.96. The van der Waals surface area contributed by atoms with Crippen LogP contribution < -0.4 is 10.5 Å². The van der Waals surface area contributed by atoms with Crippen LogP contribution >= 0.6 is 0 Å². The van der Waals surface area contributed by atoms with E-state index in [4.69, 9.17) is 10.5 Å². The van der Waals surface area contributed by atoms with E-state index in [9.17, 15) is 13.6 Å². The van der Waals surface area contributed by atoms with Gasteiger partial charge in [-0.3, -0.25) is 4.79 Å². The molecule has 5 nitrogen and oxygen atoms in total. The number of carbonyl (C=O) groups excluding carboxylic acids is 1. The number of benzene rings is 1. The third kappa shape index (κ3) is 3.36. The number of halogens is 2. The molecule has 1 heterocycles. The molecule has 2 aromatic rings. The summed E-state index contributed by atoms with van der Waals surface area (Å²) in [6, 6.07) is 2.04. The van der Waals surface area contributed by atoms with Gasteiger partial charge in [0.25, 0.3) is 0 Å². The SMILES string of the molecule is CC.COc1ccc(F)c(F)c1C(=O)c1cnc(C)nc1N. The van der Waals surface area contributed by atoms with E-state index in [1.54, 1.807) is 6.92 Å².